The molecule has 2 rings (SSSR count). The van der Waals surface area contributed by atoms with Crippen LogP contribution in [-0.4, -0.2) is 12.2 Å². The van der Waals surface area contributed by atoms with Gasteiger partial charge in [-0.25, -0.2) is 0 Å². The molecule has 2 heteroatoms. The minimum Gasteiger partial charge on any atom is -0.497 e. The van der Waals surface area contributed by atoms with Gasteiger partial charge in [-0.1, -0.05) is 19.9 Å². The van der Waals surface area contributed by atoms with E-state index in [4.69, 9.17) is 4.74 Å². The zero-order chi connectivity index (χ0) is 14.0. The SMILES string of the molecule is COc1ccc(C(O)C2CCC(C)(C)CC2)c(C)c1. The first-order valence-electron chi connectivity index (χ1n) is 7.25. The maximum absolute atomic E-state index is 10.6. The lowest BCUT2D eigenvalue weighted by molar-refractivity contribution is 0.0563. The van der Waals surface area contributed by atoms with E-state index >= 15 is 0 Å². The van der Waals surface area contributed by atoms with E-state index in [0.29, 0.717) is 11.3 Å². The molecule has 19 heavy (non-hydrogen) atoms. The van der Waals surface area contributed by atoms with E-state index < -0.39 is 0 Å². The van der Waals surface area contributed by atoms with Crippen molar-refractivity contribution in [3.63, 3.8) is 0 Å². The van der Waals surface area contributed by atoms with E-state index in [0.717, 1.165) is 29.7 Å². The van der Waals surface area contributed by atoms with Gasteiger partial charge in [-0.3, -0.25) is 0 Å². The molecule has 1 aliphatic rings. The number of hydrogen-bond acceptors (Lipinski definition) is 2. The highest BCUT2D eigenvalue weighted by Crippen LogP contribution is 2.43. The highest BCUT2D eigenvalue weighted by Gasteiger charge is 2.31. The zero-order valence-electron chi connectivity index (χ0n) is 12.6. The molecule has 0 saturated heterocycles. The van der Waals surface area contributed by atoms with Crippen molar-refractivity contribution in [3.05, 3.63) is 29.3 Å². The van der Waals surface area contributed by atoms with Gasteiger partial charge in [-0.2, -0.15) is 0 Å². The van der Waals surface area contributed by atoms with Crippen LogP contribution in [0.25, 0.3) is 0 Å². The Morgan fingerprint density at radius 1 is 1.26 bits per heavy atom. The minimum absolute atomic E-state index is 0.331. The van der Waals surface area contributed by atoms with Crippen molar-refractivity contribution in [1.82, 2.24) is 0 Å². The van der Waals surface area contributed by atoms with Crippen LogP contribution in [0.4, 0.5) is 0 Å². The molecule has 0 aliphatic heterocycles. The fraction of sp³-hybridized carbons (Fsp3) is 0.647. The van der Waals surface area contributed by atoms with E-state index in [1.807, 2.05) is 25.1 Å². The van der Waals surface area contributed by atoms with Crippen LogP contribution in [0.15, 0.2) is 18.2 Å². The number of aryl methyl sites for hydroxylation is 1. The van der Waals surface area contributed by atoms with Gasteiger partial charge < -0.3 is 9.84 Å². The van der Waals surface area contributed by atoms with E-state index in [9.17, 15) is 5.11 Å². The van der Waals surface area contributed by atoms with E-state index in [1.165, 1.54) is 12.8 Å². The van der Waals surface area contributed by atoms with Gasteiger partial charge >= 0.3 is 0 Å². The molecule has 1 aliphatic carbocycles. The fourth-order valence-corrected chi connectivity index (χ4v) is 3.10. The molecule has 0 aromatic heterocycles. The lowest BCUT2D eigenvalue weighted by atomic mass is 9.70. The van der Waals surface area contributed by atoms with Crippen LogP contribution in [0.5, 0.6) is 5.75 Å². The molecule has 0 amide bonds. The highest BCUT2D eigenvalue weighted by atomic mass is 16.5. The molecule has 0 spiro atoms. The Hall–Kier alpha value is -1.02. The normalized spacial score (nSPS) is 21.1. The highest BCUT2D eigenvalue weighted by molar-refractivity contribution is 5.36. The van der Waals surface area contributed by atoms with E-state index in [-0.39, 0.29) is 6.10 Å². The number of hydrogen-bond donors (Lipinski definition) is 1. The Labute approximate surface area is 116 Å². The molecule has 1 aromatic rings. The third-order valence-electron chi connectivity index (χ3n) is 4.63. The van der Waals surface area contributed by atoms with Crippen molar-refractivity contribution in [2.24, 2.45) is 11.3 Å². The Balaban J connectivity index is 2.10. The summed E-state index contributed by atoms with van der Waals surface area (Å²) in [6.07, 6.45) is 4.34. The summed E-state index contributed by atoms with van der Waals surface area (Å²) in [4.78, 5) is 0. The molecule has 1 saturated carbocycles. The second-order valence-electron chi connectivity index (χ2n) is 6.67. The van der Waals surface area contributed by atoms with Crippen molar-refractivity contribution < 1.29 is 9.84 Å². The summed E-state index contributed by atoms with van der Waals surface area (Å²) < 4.78 is 5.22. The molecular formula is C17H26O2. The molecule has 1 unspecified atom stereocenters. The fourth-order valence-electron chi connectivity index (χ4n) is 3.10. The predicted molar refractivity (Wildman–Crippen MR) is 78.4 cm³/mol. The molecule has 1 atom stereocenters. The minimum atomic E-state index is -0.331. The lowest BCUT2D eigenvalue weighted by Crippen LogP contribution is -2.25. The lowest BCUT2D eigenvalue weighted by Gasteiger charge is -2.36. The van der Waals surface area contributed by atoms with Crippen LogP contribution in [0, 0.1) is 18.3 Å². The molecule has 0 heterocycles. The molecule has 1 aromatic carbocycles. The molecule has 2 nitrogen and oxygen atoms in total. The van der Waals surface area contributed by atoms with Crippen LogP contribution in [0.1, 0.15) is 56.8 Å². The summed E-state index contributed by atoms with van der Waals surface area (Å²) in [6, 6.07) is 5.96. The van der Waals surface area contributed by atoms with E-state index in [2.05, 4.69) is 13.8 Å². The first-order valence-corrected chi connectivity index (χ1v) is 7.25. The predicted octanol–water partition coefficient (Wildman–Crippen LogP) is 4.25. The Kier molecular flexibility index (Phi) is 4.19. The number of benzene rings is 1. The molecule has 0 radical (unpaired) electrons. The largest absolute Gasteiger partial charge is 0.497 e. The molecule has 0 bridgehead atoms. The third kappa shape index (κ3) is 3.30. The van der Waals surface area contributed by atoms with Gasteiger partial charge in [0.2, 0.25) is 0 Å². The van der Waals surface area contributed by atoms with Gasteiger partial charge in [0, 0.05) is 0 Å². The number of aliphatic hydroxyl groups is 1. The first kappa shape index (κ1) is 14.4. The van der Waals surface area contributed by atoms with Crippen LogP contribution in [-0.2, 0) is 0 Å². The van der Waals surface area contributed by atoms with Gasteiger partial charge in [0.15, 0.2) is 0 Å². The average Bonchev–Trinajstić information content (AvgIpc) is 2.37. The number of ether oxygens (including phenoxy) is 1. The smallest absolute Gasteiger partial charge is 0.119 e. The molecule has 106 valence electrons. The number of aliphatic hydroxyl groups excluding tert-OH is 1. The standard InChI is InChI=1S/C17H26O2/c1-12-11-14(19-4)5-6-15(12)16(18)13-7-9-17(2,3)10-8-13/h5-6,11,13,16,18H,7-10H2,1-4H3. The monoisotopic (exact) mass is 262 g/mol. The van der Waals surface area contributed by atoms with Gasteiger partial charge in [-0.05, 0) is 67.2 Å². The Morgan fingerprint density at radius 2 is 1.89 bits per heavy atom. The molecular weight excluding hydrogens is 236 g/mol. The van der Waals surface area contributed by atoms with Gasteiger partial charge in [0.1, 0.15) is 5.75 Å². The zero-order valence-corrected chi connectivity index (χ0v) is 12.6. The Bertz CT molecular complexity index is 427. The third-order valence-corrected chi connectivity index (χ3v) is 4.63. The van der Waals surface area contributed by atoms with Crippen LogP contribution >= 0.6 is 0 Å². The second-order valence-corrected chi connectivity index (χ2v) is 6.67. The maximum atomic E-state index is 10.6. The van der Waals surface area contributed by atoms with Crippen LogP contribution < -0.4 is 4.74 Å². The van der Waals surface area contributed by atoms with Crippen molar-refractivity contribution >= 4 is 0 Å². The van der Waals surface area contributed by atoms with Gasteiger partial charge in [0.25, 0.3) is 0 Å². The maximum Gasteiger partial charge on any atom is 0.119 e. The van der Waals surface area contributed by atoms with E-state index in [1.54, 1.807) is 7.11 Å². The first-order chi connectivity index (χ1) is 8.93. The Morgan fingerprint density at radius 3 is 2.42 bits per heavy atom. The van der Waals surface area contributed by atoms with Crippen molar-refractivity contribution in [2.75, 3.05) is 7.11 Å². The van der Waals surface area contributed by atoms with Crippen molar-refractivity contribution in [3.8, 4) is 5.75 Å². The number of methoxy groups -OCH3 is 1. The average molecular weight is 262 g/mol. The summed E-state index contributed by atoms with van der Waals surface area (Å²) >= 11 is 0. The summed E-state index contributed by atoms with van der Waals surface area (Å²) in [6.45, 7) is 6.70. The molecule has 1 N–H and O–H groups in total. The quantitative estimate of drug-likeness (QED) is 0.882. The summed E-state index contributed by atoms with van der Waals surface area (Å²) in [5, 5.41) is 10.6. The van der Waals surface area contributed by atoms with Gasteiger partial charge in [-0.15, -0.1) is 0 Å². The second kappa shape index (κ2) is 5.54. The van der Waals surface area contributed by atoms with Crippen LogP contribution in [0.3, 0.4) is 0 Å². The van der Waals surface area contributed by atoms with Crippen molar-refractivity contribution in [2.45, 2.75) is 52.6 Å². The summed E-state index contributed by atoms with van der Waals surface area (Å²) in [7, 11) is 1.67. The molecule has 1 fully saturated rings. The van der Waals surface area contributed by atoms with Crippen LogP contribution in [0.2, 0.25) is 0 Å². The summed E-state index contributed by atoms with van der Waals surface area (Å²) in [5.74, 6) is 1.26. The van der Waals surface area contributed by atoms with Crippen molar-refractivity contribution in [1.29, 1.82) is 0 Å². The number of rotatable bonds is 3. The van der Waals surface area contributed by atoms with Gasteiger partial charge in [0.05, 0.1) is 13.2 Å². The topological polar surface area (TPSA) is 29.5 Å². The summed E-state index contributed by atoms with van der Waals surface area (Å²) in [5.41, 5.74) is 2.63.